The number of aryl methyl sites for hydroxylation is 1. The van der Waals surface area contributed by atoms with Crippen LogP contribution < -0.4 is 0 Å². The molecule has 1 aromatic rings. The Morgan fingerprint density at radius 2 is 2.39 bits per heavy atom. The van der Waals surface area contributed by atoms with E-state index in [-0.39, 0.29) is 17.3 Å². The van der Waals surface area contributed by atoms with Gasteiger partial charge in [-0.25, -0.2) is 4.98 Å². The molecule has 6 nitrogen and oxygen atoms in total. The van der Waals surface area contributed by atoms with E-state index in [1.807, 2.05) is 13.8 Å². The van der Waals surface area contributed by atoms with Crippen molar-refractivity contribution in [2.75, 3.05) is 20.2 Å². The number of nitrogens with one attached hydrogen (secondary N) is 1. The van der Waals surface area contributed by atoms with Crippen LogP contribution in [-0.2, 0) is 11.2 Å². The van der Waals surface area contributed by atoms with Crippen LogP contribution in [-0.4, -0.2) is 51.8 Å². The number of nitrogens with zero attached hydrogens (tertiary/aromatic N) is 3. The smallest absolute Gasteiger partial charge is 0.293 e. The summed E-state index contributed by atoms with van der Waals surface area (Å²) >= 11 is 0. The van der Waals surface area contributed by atoms with E-state index in [0.29, 0.717) is 6.54 Å². The molecule has 2 rings (SSSR count). The lowest BCUT2D eigenvalue weighted by molar-refractivity contribution is -0.0442. The third-order valence-corrected chi connectivity index (χ3v) is 3.50. The van der Waals surface area contributed by atoms with E-state index >= 15 is 0 Å². The van der Waals surface area contributed by atoms with E-state index in [1.54, 1.807) is 12.0 Å². The first-order chi connectivity index (χ1) is 8.58. The molecule has 0 bridgehead atoms. The van der Waals surface area contributed by atoms with Crippen molar-refractivity contribution in [3.63, 3.8) is 0 Å². The van der Waals surface area contributed by atoms with Crippen molar-refractivity contribution in [3.8, 4) is 0 Å². The lowest BCUT2D eigenvalue weighted by Crippen LogP contribution is -2.49. The fourth-order valence-electron chi connectivity index (χ4n) is 2.24. The number of hydrogen-bond donors (Lipinski definition) is 1. The molecule has 18 heavy (non-hydrogen) atoms. The number of carbonyl (C=O) groups is 1. The monoisotopic (exact) mass is 252 g/mol. The van der Waals surface area contributed by atoms with Gasteiger partial charge in [0.05, 0.1) is 5.60 Å². The van der Waals surface area contributed by atoms with Crippen LogP contribution in [0.1, 0.15) is 43.1 Å². The van der Waals surface area contributed by atoms with Gasteiger partial charge in [0.25, 0.3) is 5.91 Å². The predicted octanol–water partition coefficient (Wildman–Crippen LogP) is 1.01. The first-order valence-corrected chi connectivity index (χ1v) is 6.33. The third kappa shape index (κ3) is 2.53. The van der Waals surface area contributed by atoms with Crippen molar-refractivity contribution in [1.29, 1.82) is 0 Å². The number of aromatic nitrogens is 3. The lowest BCUT2D eigenvalue weighted by Gasteiger charge is -2.38. The molecule has 100 valence electrons. The number of ether oxygens (including phenoxy) is 1. The number of piperidine rings is 1. The van der Waals surface area contributed by atoms with Crippen molar-refractivity contribution in [2.24, 2.45) is 0 Å². The second kappa shape index (κ2) is 5.06. The van der Waals surface area contributed by atoms with Gasteiger partial charge in [-0.05, 0) is 19.8 Å². The Labute approximate surface area is 107 Å². The van der Waals surface area contributed by atoms with Crippen molar-refractivity contribution in [3.05, 3.63) is 11.6 Å². The summed E-state index contributed by atoms with van der Waals surface area (Å²) in [5, 5.41) is 6.74. The van der Waals surface area contributed by atoms with E-state index in [1.165, 1.54) is 0 Å². The predicted molar refractivity (Wildman–Crippen MR) is 66.3 cm³/mol. The summed E-state index contributed by atoms with van der Waals surface area (Å²) in [6.45, 7) is 5.34. The van der Waals surface area contributed by atoms with Crippen LogP contribution in [0.15, 0.2) is 0 Å². The summed E-state index contributed by atoms with van der Waals surface area (Å²) in [5.41, 5.74) is -0.252. The maximum atomic E-state index is 12.3. The van der Waals surface area contributed by atoms with Crippen LogP contribution in [0, 0.1) is 0 Å². The Morgan fingerprint density at radius 3 is 3.00 bits per heavy atom. The van der Waals surface area contributed by atoms with Crippen molar-refractivity contribution in [2.45, 2.75) is 38.7 Å². The minimum Gasteiger partial charge on any atom is -0.377 e. The van der Waals surface area contributed by atoms with E-state index in [2.05, 4.69) is 15.2 Å². The number of carbonyl (C=O) groups excluding carboxylic acids is 1. The molecule has 1 aliphatic rings. The van der Waals surface area contributed by atoms with Crippen molar-refractivity contribution >= 4 is 5.91 Å². The van der Waals surface area contributed by atoms with Gasteiger partial charge in [0.2, 0.25) is 5.82 Å². The zero-order valence-corrected chi connectivity index (χ0v) is 11.2. The van der Waals surface area contributed by atoms with Gasteiger partial charge in [-0.3, -0.25) is 9.89 Å². The van der Waals surface area contributed by atoms with Gasteiger partial charge in [0.15, 0.2) is 0 Å². The Kier molecular flexibility index (Phi) is 3.65. The molecule has 1 aromatic heterocycles. The zero-order chi connectivity index (χ0) is 13.2. The number of H-pyrrole nitrogens is 1. The minimum atomic E-state index is -0.252. The Bertz CT molecular complexity index is 431. The molecule has 1 saturated heterocycles. The van der Waals surface area contributed by atoms with Gasteiger partial charge in [-0.2, -0.15) is 0 Å². The average molecular weight is 252 g/mol. The number of aromatic amines is 1. The standard InChI is InChI=1S/C12H20N4O2/c1-4-9-13-10(15-14-9)11(17)16-7-5-6-12(2,8-16)18-3/h4-8H2,1-3H3,(H,13,14,15). The maximum absolute atomic E-state index is 12.3. The number of methoxy groups -OCH3 is 1. The van der Waals surface area contributed by atoms with Gasteiger partial charge < -0.3 is 9.64 Å². The average Bonchev–Trinajstić information content (AvgIpc) is 2.86. The second-order valence-electron chi connectivity index (χ2n) is 4.94. The molecule has 2 heterocycles. The molecule has 0 radical (unpaired) electrons. The summed E-state index contributed by atoms with van der Waals surface area (Å²) in [6.07, 6.45) is 2.67. The highest BCUT2D eigenvalue weighted by Gasteiger charge is 2.34. The van der Waals surface area contributed by atoms with Crippen molar-refractivity contribution < 1.29 is 9.53 Å². The van der Waals surface area contributed by atoms with Crippen LogP contribution in [0.2, 0.25) is 0 Å². The number of likely N-dealkylation sites (tertiary alicyclic amines) is 1. The first-order valence-electron chi connectivity index (χ1n) is 6.33. The van der Waals surface area contributed by atoms with E-state index < -0.39 is 0 Å². The Balaban J connectivity index is 2.09. The zero-order valence-electron chi connectivity index (χ0n) is 11.2. The summed E-state index contributed by atoms with van der Waals surface area (Å²) in [5.74, 6) is 0.881. The van der Waals surface area contributed by atoms with Crippen molar-refractivity contribution in [1.82, 2.24) is 20.1 Å². The molecule has 1 amide bonds. The summed E-state index contributed by atoms with van der Waals surface area (Å²) in [6, 6.07) is 0. The van der Waals surface area contributed by atoms with Gasteiger partial charge in [-0.15, -0.1) is 5.10 Å². The minimum absolute atomic E-state index is 0.117. The summed E-state index contributed by atoms with van der Waals surface area (Å²) < 4.78 is 5.48. The highest BCUT2D eigenvalue weighted by molar-refractivity contribution is 5.90. The molecule has 0 aromatic carbocycles. The Hall–Kier alpha value is -1.43. The molecule has 0 aliphatic carbocycles. The van der Waals surface area contributed by atoms with Crippen LogP contribution in [0.5, 0.6) is 0 Å². The molecule has 1 atom stereocenters. The number of hydrogen-bond acceptors (Lipinski definition) is 4. The molecule has 0 spiro atoms. The van der Waals surface area contributed by atoms with Gasteiger partial charge in [-0.1, -0.05) is 6.92 Å². The Morgan fingerprint density at radius 1 is 1.61 bits per heavy atom. The fraction of sp³-hybridized carbons (Fsp3) is 0.750. The summed E-state index contributed by atoms with van der Waals surface area (Å²) in [4.78, 5) is 18.2. The molecule has 0 saturated carbocycles. The van der Waals surface area contributed by atoms with E-state index in [0.717, 1.165) is 31.6 Å². The van der Waals surface area contributed by atoms with E-state index in [9.17, 15) is 4.79 Å². The van der Waals surface area contributed by atoms with Gasteiger partial charge in [0, 0.05) is 26.6 Å². The van der Waals surface area contributed by atoms with Gasteiger partial charge in [0.1, 0.15) is 5.82 Å². The lowest BCUT2D eigenvalue weighted by atomic mass is 9.95. The SMILES string of the molecule is CCc1nc(C(=O)N2CCCC(C)(OC)C2)n[nH]1. The fourth-order valence-corrected chi connectivity index (χ4v) is 2.24. The van der Waals surface area contributed by atoms with Crippen LogP contribution in [0.3, 0.4) is 0 Å². The quantitative estimate of drug-likeness (QED) is 0.871. The molecule has 6 heteroatoms. The molecule has 1 N–H and O–H groups in total. The molecule has 1 fully saturated rings. The van der Waals surface area contributed by atoms with Gasteiger partial charge >= 0.3 is 0 Å². The first kappa shape index (κ1) is 13.0. The van der Waals surface area contributed by atoms with Crippen LogP contribution in [0.25, 0.3) is 0 Å². The molecule has 1 aliphatic heterocycles. The second-order valence-corrected chi connectivity index (χ2v) is 4.94. The highest BCUT2D eigenvalue weighted by Crippen LogP contribution is 2.24. The molecular formula is C12H20N4O2. The maximum Gasteiger partial charge on any atom is 0.293 e. The number of rotatable bonds is 3. The largest absolute Gasteiger partial charge is 0.377 e. The molecular weight excluding hydrogens is 232 g/mol. The number of amides is 1. The van der Waals surface area contributed by atoms with Crippen LogP contribution >= 0.6 is 0 Å². The molecule has 1 unspecified atom stereocenters. The third-order valence-electron chi connectivity index (χ3n) is 3.50. The normalized spacial score (nSPS) is 24.3. The topological polar surface area (TPSA) is 71.1 Å². The van der Waals surface area contributed by atoms with E-state index in [4.69, 9.17) is 4.74 Å². The van der Waals surface area contributed by atoms with Crippen LogP contribution in [0.4, 0.5) is 0 Å². The highest BCUT2D eigenvalue weighted by atomic mass is 16.5. The summed E-state index contributed by atoms with van der Waals surface area (Å²) in [7, 11) is 1.69.